The van der Waals surface area contributed by atoms with Crippen molar-refractivity contribution < 1.29 is 9.59 Å². The number of nitrogens with one attached hydrogen (secondary N) is 1. The van der Waals surface area contributed by atoms with Crippen LogP contribution in [-0.4, -0.2) is 36.3 Å². The van der Waals surface area contributed by atoms with E-state index in [0.717, 1.165) is 50.8 Å². The zero-order chi connectivity index (χ0) is 14.7. The highest BCUT2D eigenvalue weighted by molar-refractivity contribution is 5.89. The summed E-state index contributed by atoms with van der Waals surface area (Å²) in [4.78, 5) is 26.2. The van der Waals surface area contributed by atoms with Crippen molar-refractivity contribution in [1.29, 1.82) is 0 Å². The second-order valence-electron chi connectivity index (χ2n) is 5.95. The van der Waals surface area contributed by atoms with E-state index in [1.54, 1.807) is 0 Å². The van der Waals surface area contributed by atoms with E-state index < -0.39 is 0 Å². The summed E-state index contributed by atoms with van der Waals surface area (Å²) in [6.07, 6.45) is 5.12. The predicted molar refractivity (Wildman–Crippen MR) is 80.9 cm³/mol. The van der Waals surface area contributed by atoms with Gasteiger partial charge in [0.25, 0.3) is 0 Å². The van der Waals surface area contributed by atoms with Crippen LogP contribution in [0.5, 0.6) is 0 Å². The van der Waals surface area contributed by atoms with E-state index in [2.05, 4.69) is 11.4 Å². The highest BCUT2D eigenvalue weighted by atomic mass is 16.2. The molecule has 1 fully saturated rings. The summed E-state index contributed by atoms with van der Waals surface area (Å²) in [5.41, 5.74) is 2.41. The summed E-state index contributed by atoms with van der Waals surface area (Å²) < 4.78 is 0. The van der Waals surface area contributed by atoms with Gasteiger partial charge in [-0.15, -0.1) is 0 Å². The summed E-state index contributed by atoms with van der Waals surface area (Å²) in [5, 5.41) is 2.84. The monoisotopic (exact) mass is 286 g/mol. The van der Waals surface area contributed by atoms with E-state index in [0.29, 0.717) is 0 Å². The zero-order valence-electron chi connectivity index (χ0n) is 12.3. The van der Waals surface area contributed by atoms with Crippen LogP contribution in [0.15, 0.2) is 24.3 Å². The van der Waals surface area contributed by atoms with Crippen molar-refractivity contribution >= 4 is 11.8 Å². The Morgan fingerprint density at radius 3 is 2.71 bits per heavy atom. The van der Waals surface area contributed by atoms with Crippen LogP contribution >= 0.6 is 0 Å². The Morgan fingerprint density at radius 1 is 1.14 bits per heavy atom. The van der Waals surface area contributed by atoms with Gasteiger partial charge >= 0.3 is 0 Å². The van der Waals surface area contributed by atoms with Gasteiger partial charge in [-0.25, -0.2) is 0 Å². The minimum absolute atomic E-state index is 0.00491. The molecule has 21 heavy (non-hydrogen) atoms. The van der Waals surface area contributed by atoms with Gasteiger partial charge in [0, 0.05) is 13.1 Å². The molecule has 0 bridgehead atoms. The average molecular weight is 286 g/mol. The molecule has 4 heteroatoms. The van der Waals surface area contributed by atoms with E-state index >= 15 is 0 Å². The third kappa shape index (κ3) is 3.09. The molecule has 1 unspecified atom stereocenters. The number of hydrogen-bond donors (Lipinski definition) is 1. The molecule has 0 saturated carbocycles. The minimum Gasteiger partial charge on any atom is -0.347 e. The lowest BCUT2D eigenvalue weighted by molar-refractivity contribution is -0.132. The predicted octanol–water partition coefficient (Wildman–Crippen LogP) is 1.85. The number of rotatable bonds is 3. The molecule has 2 aliphatic rings. The molecule has 4 nitrogen and oxygen atoms in total. The largest absolute Gasteiger partial charge is 0.347 e. The van der Waals surface area contributed by atoms with Crippen molar-refractivity contribution in [3.05, 3.63) is 35.4 Å². The van der Waals surface area contributed by atoms with Gasteiger partial charge in [0.15, 0.2) is 0 Å². The molecule has 0 aromatic heterocycles. The fraction of sp³-hybridized carbons (Fsp3) is 0.529. The van der Waals surface area contributed by atoms with Gasteiger partial charge < -0.3 is 10.2 Å². The van der Waals surface area contributed by atoms with E-state index in [-0.39, 0.29) is 24.3 Å². The summed E-state index contributed by atoms with van der Waals surface area (Å²) in [5.74, 6) is -0.0547. The Bertz CT molecular complexity index is 535. The van der Waals surface area contributed by atoms with E-state index in [1.165, 1.54) is 5.56 Å². The number of nitrogens with zero attached hydrogens (tertiary/aromatic N) is 1. The van der Waals surface area contributed by atoms with Gasteiger partial charge in [0.05, 0.1) is 12.5 Å². The molecule has 1 N–H and O–H groups in total. The molecule has 1 aliphatic heterocycles. The number of fused-ring (bicyclic) bond motifs is 1. The number of carbonyl (C=O) groups excluding carboxylic acids is 2. The molecule has 1 saturated heterocycles. The third-order valence-corrected chi connectivity index (χ3v) is 4.56. The van der Waals surface area contributed by atoms with Gasteiger partial charge in [0.2, 0.25) is 11.8 Å². The standard InChI is InChI=1S/C17H22N2O2/c20-16(19-10-3-4-11-19)12-18-17(21)15-9-5-7-13-6-1-2-8-14(13)15/h1-2,6,8,15H,3-5,7,9-12H2,(H,18,21). The Balaban J connectivity index is 1.60. The first-order chi connectivity index (χ1) is 10.3. The van der Waals surface area contributed by atoms with Gasteiger partial charge in [-0.1, -0.05) is 24.3 Å². The smallest absolute Gasteiger partial charge is 0.241 e. The van der Waals surface area contributed by atoms with Crippen LogP contribution in [0.3, 0.4) is 0 Å². The molecular weight excluding hydrogens is 264 g/mol. The maximum Gasteiger partial charge on any atom is 0.241 e. The minimum atomic E-state index is -0.0960. The van der Waals surface area contributed by atoms with Crippen LogP contribution in [0, 0.1) is 0 Å². The molecule has 0 spiro atoms. The molecule has 1 atom stereocenters. The maximum atomic E-state index is 12.4. The highest BCUT2D eigenvalue weighted by Gasteiger charge is 2.27. The van der Waals surface area contributed by atoms with Crippen molar-refractivity contribution in [2.45, 2.75) is 38.0 Å². The van der Waals surface area contributed by atoms with Crippen molar-refractivity contribution in [2.24, 2.45) is 0 Å². The van der Waals surface area contributed by atoms with Crippen LogP contribution in [0.25, 0.3) is 0 Å². The Morgan fingerprint density at radius 2 is 1.90 bits per heavy atom. The zero-order valence-corrected chi connectivity index (χ0v) is 12.3. The number of amides is 2. The number of carbonyl (C=O) groups is 2. The molecular formula is C17H22N2O2. The van der Waals surface area contributed by atoms with Crippen LogP contribution in [0.1, 0.15) is 42.7 Å². The van der Waals surface area contributed by atoms with E-state index in [9.17, 15) is 9.59 Å². The maximum absolute atomic E-state index is 12.4. The molecule has 1 aromatic carbocycles. The first kappa shape index (κ1) is 14.1. The Hall–Kier alpha value is -1.84. The molecule has 112 valence electrons. The van der Waals surface area contributed by atoms with Crippen molar-refractivity contribution in [2.75, 3.05) is 19.6 Å². The van der Waals surface area contributed by atoms with Crippen molar-refractivity contribution in [3.63, 3.8) is 0 Å². The lowest BCUT2D eigenvalue weighted by atomic mass is 9.82. The summed E-state index contributed by atoms with van der Waals surface area (Å²) in [6, 6.07) is 8.15. The fourth-order valence-electron chi connectivity index (χ4n) is 3.39. The first-order valence-electron chi connectivity index (χ1n) is 7.89. The average Bonchev–Trinajstić information content (AvgIpc) is 3.06. The van der Waals surface area contributed by atoms with Crippen LogP contribution in [0.2, 0.25) is 0 Å². The lowest BCUT2D eigenvalue weighted by Gasteiger charge is -2.25. The lowest BCUT2D eigenvalue weighted by Crippen LogP contribution is -2.40. The van der Waals surface area contributed by atoms with Gasteiger partial charge in [-0.05, 0) is 43.2 Å². The highest BCUT2D eigenvalue weighted by Crippen LogP contribution is 2.31. The Kier molecular flexibility index (Phi) is 4.23. The van der Waals surface area contributed by atoms with Crippen LogP contribution < -0.4 is 5.32 Å². The first-order valence-corrected chi connectivity index (χ1v) is 7.89. The fourth-order valence-corrected chi connectivity index (χ4v) is 3.39. The van der Waals surface area contributed by atoms with Crippen molar-refractivity contribution in [3.8, 4) is 0 Å². The van der Waals surface area contributed by atoms with E-state index in [4.69, 9.17) is 0 Å². The quantitative estimate of drug-likeness (QED) is 0.922. The van der Waals surface area contributed by atoms with Gasteiger partial charge in [-0.3, -0.25) is 9.59 Å². The van der Waals surface area contributed by atoms with Crippen molar-refractivity contribution in [1.82, 2.24) is 10.2 Å². The number of aryl methyl sites for hydroxylation is 1. The van der Waals surface area contributed by atoms with E-state index in [1.807, 2.05) is 23.1 Å². The Labute approximate surface area is 125 Å². The molecule has 0 radical (unpaired) electrons. The summed E-state index contributed by atoms with van der Waals surface area (Å²) in [6.45, 7) is 1.80. The second kappa shape index (κ2) is 6.29. The number of benzene rings is 1. The molecule has 1 aliphatic carbocycles. The van der Waals surface area contributed by atoms with Gasteiger partial charge in [0.1, 0.15) is 0 Å². The third-order valence-electron chi connectivity index (χ3n) is 4.56. The SMILES string of the molecule is O=C(NCC(=O)N1CCCC1)C1CCCc2ccccc21. The van der Waals surface area contributed by atoms with Crippen LogP contribution in [0.4, 0.5) is 0 Å². The van der Waals surface area contributed by atoms with Gasteiger partial charge in [-0.2, -0.15) is 0 Å². The normalized spacial score (nSPS) is 21.0. The molecule has 3 rings (SSSR count). The summed E-state index contributed by atoms with van der Waals surface area (Å²) in [7, 11) is 0. The summed E-state index contributed by atoms with van der Waals surface area (Å²) >= 11 is 0. The topological polar surface area (TPSA) is 49.4 Å². The number of hydrogen-bond acceptors (Lipinski definition) is 2. The number of likely N-dealkylation sites (tertiary alicyclic amines) is 1. The molecule has 2 amide bonds. The molecule has 1 aromatic rings. The van der Waals surface area contributed by atoms with Crippen LogP contribution in [-0.2, 0) is 16.0 Å². The molecule has 1 heterocycles. The second-order valence-corrected chi connectivity index (χ2v) is 5.95.